The smallest absolute Gasteiger partial charge is 0.277 e. The van der Waals surface area contributed by atoms with Crippen LogP contribution in [0.5, 0.6) is 5.75 Å². The van der Waals surface area contributed by atoms with Crippen LogP contribution in [0.15, 0.2) is 71.6 Å². The lowest BCUT2D eigenvalue weighted by atomic mass is 10.1. The minimum absolute atomic E-state index is 0.0345. The van der Waals surface area contributed by atoms with E-state index in [1.807, 2.05) is 24.3 Å². The Bertz CT molecular complexity index is 1450. The van der Waals surface area contributed by atoms with Gasteiger partial charge in [0, 0.05) is 44.0 Å². The predicted octanol–water partition coefficient (Wildman–Crippen LogP) is 3.27. The molecular formula is C24H23N5O8S. The van der Waals surface area contributed by atoms with Crippen LogP contribution in [0.3, 0.4) is 0 Å². The average molecular weight is 542 g/mol. The number of para-hydroxylation sites is 2. The van der Waals surface area contributed by atoms with E-state index < -0.39 is 37.2 Å². The van der Waals surface area contributed by atoms with Crippen LogP contribution < -0.4 is 15.0 Å². The highest BCUT2D eigenvalue weighted by Crippen LogP contribution is 2.30. The lowest BCUT2D eigenvalue weighted by molar-refractivity contribution is -0.394. The Kier molecular flexibility index (Phi) is 7.55. The molecule has 1 N–H and O–H groups in total. The summed E-state index contributed by atoms with van der Waals surface area (Å²) >= 11 is 0. The number of carbonyl (C=O) groups is 1. The van der Waals surface area contributed by atoms with Gasteiger partial charge in [-0.15, -0.1) is 0 Å². The molecule has 1 fully saturated rings. The fraction of sp³-hybridized carbons (Fsp3) is 0.208. The molecule has 0 saturated carbocycles. The Morgan fingerprint density at radius 2 is 1.47 bits per heavy atom. The normalized spacial score (nSPS) is 14.1. The number of non-ortho nitro benzene ring substituents is 2. The summed E-state index contributed by atoms with van der Waals surface area (Å²) in [5, 5.41) is 24.6. The summed E-state index contributed by atoms with van der Waals surface area (Å²) < 4.78 is 33.1. The largest absolute Gasteiger partial charge is 0.495 e. The van der Waals surface area contributed by atoms with Crippen LogP contribution in [-0.4, -0.2) is 61.8 Å². The SMILES string of the molecule is COc1ccccc1N1CCN(S(=O)(=O)c2ccc(NC(=O)c3cc([N+](=O)[O-])cc([N+](=O)[O-])c3)cc2)CC1. The van der Waals surface area contributed by atoms with E-state index in [0.29, 0.717) is 18.8 Å². The van der Waals surface area contributed by atoms with Gasteiger partial charge in [0.2, 0.25) is 10.0 Å². The number of benzene rings is 3. The number of piperazine rings is 1. The van der Waals surface area contributed by atoms with Crippen molar-refractivity contribution in [3.63, 3.8) is 0 Å². The summed E-state index contributed by atoms with van der Waals surface area (Å²) in [5.41, 5.74) is -0.381. The van der Waals surface area contributed by atoms with Crippen molar-refractivity contribution in [2.24, 2.45) is 0 Å². The van der Waals surface area contributed by atoms with Gasteiger partial charge in [-0.2, -0.15) is 4.31 Å². The third kappa shape index (κ3) is 5.55. The quantitative estimate of drug-likeness (QED) is 0.333. The molecule has 1 aliphatic heterocycles. The molecule has 1 saturated heterocycles. The number of hydrogen-bond donors (Lipinski definition) is 1. The van der Waals surface area contributed by atoms with Crippen molar-refractivity contribution in [2.45, 2.75) is 4.90 Å². The molecule has 1 heterocycles. The van der Waals surface area contributed by atoms with E-state index in [2.05, 4.69) is 10.2 Å². The van der Waals surface area contributed by atoms with Crippen LogP contribution in [0, 0.1) is 20.2 Å². The topological polar surface area (TPSA) is 165 Å². The number of carbonyl (C=O) groups excluding carboxylic acids is 1. The Balaban J connectivity index is 1.44. The highest BCUT2D eigenvalue weighted by Gasteiger charge is 2.29. The van der Waals surface area contributed by atoms with Crippen LogP contribution in [0.2, 0.25) is 0 Å². The molecule has 0 spiro atoms. The van der Waals surface area contributed by atoms with Crippen LogP contribution >= 0.6 is 0 Å². The van der Waals surface area contributed by atoms with Crippen molar-refractivity contribution in [1.29, 1.82) is 0 Å². The zero-order chi connectivity index (χ0) is 27.4. The van der Waals surface area contributed by atoms with Crippen molar-refractivity contribution in [1.82, 2.24) is 4.31 Å². The zero-order valence-electron chi connectivity index (χ0n) is 20.1. The third-order valence-corrected chi connectivity index (χ3v) is 7.91. The molecule has 198 valence electrons. The number of ether oxygens (including phenoxy) is 1. The second-order valence-corrected chi connectivity index (χ2v) is 10.2. The van der Waals surface area contributed by atoms with E-state index in [-0.39, 0.29) is 29.2 Å². The van der Waals surface area contributed by atoms with Crippen molar-refractivity contribution < 1.29 is 27.8 Å². The number of sulfonamides is 1. The maximum atomic E-state index is 13.2. The van der Waals surface area contributed by atoms with Gasteiger partial charge in [-0.1, -0.05) is 12.1 Å². The molecule has 0 radical (unpaired) electrons. The Labute approximate surface area is 217 Å². The van der Waals surface area contributed by atoms with E-state index in [1.54, 1.807) is 7.11 Å². The van der Waals surface area contributed by atoms with Gasteiger partial charge in [0.15, 0.2) is 0 Å². The van der Waals surface area contributed by atoms with E-state index in [1.165, 1.54) is 28.6 Å². The summed E-state index contributed by atoms with van der Waals surface area (Å²) in [7, 11) is -2.22. The monoisotopic (exact) mass is 541 g/mol. The van der Waals surface area contributed by atoms with Crippen molar-refractivity contribution in [3.05, 3.63) is 92.5 Å². The first-order valence-electron chi connectivity index (χ1n) is 11.3. The first-order valence-corrected chi connectivity index (χ1v) is 12.8. The number of rotatable bonds is 8. The summed E-state index contributed by atoms with van der Waals surface area (Å²) in [6.45, 7) is 1.49. The lowest BCUT2D eigenvalue weighted by Crippen LogP contribution is -2.48. The molecule has 3 aromatic rings. The van der Waals surface area contributed by atoms with Crippen LogP contribution in [0.1, 0.15) is 10.4 Å². The van der Waals surface area contributed by atoms with Gasteiger partial charge < -0.3 is 15.0 Å². The summed E-state index contributed by atoms with van der Waals surface area (Å²) in [6, 6.07) is 15.6. The van der Waals surface area contributed by atoms with E-state index >= 15 is 0 Å². The molecule has 13 nitrogen and oxygen atoms in total. The van der Waals surface area contributed by atoms with Crippen molar-refractivity contribution in [2.75, 3.05) is 43.5 Å². The number of hydrogen-bond acceptors (Lipinski definition) is 9. The highest BCUT2D eigenvalue weighted by atomic mass is 32.2. The number of anilines is 2. The average Bonchev–Trinajstić information content (AvgIpc) is 2.93. The fourth-order valence-electron chi connectivity index (χ4n) is 4.06. The summed E-state index contributed by atoms with van der Waals surface area (Å²) in [6.07, 6.45) is 0. The summed E-state index contributed by atoms with van der Waals surface area (Å²) in [4.78, 5) is 35.2. The van der Waals surface area contributed by atoms with Gasteiger partial charge in [0.25, 0.3) is 17.3 Å². The van der Waals surface area contributed by atoms with Crippen molar-refractivity contribution >= 4 is 38.7 Å². The first kappa shape index (κ1) is 26.5. The first-order chi connectivity index (χ1) is 18.1. The van der Waals surface area contributed by atoms with Crippen LogP contribution in [0.25, 0.3) is 0 Å². The minimum Gasteiger partial charge on any atom is -0.495 e. The zero-order valence-corrected chi connectivity index (χ0v) is 21.0. The number of nitro groups is 2. The maximum absolute atomic E-state index is 13.2. The number of methoxy groups -OCH3 is 1. The molecule has 1 aliphatic rings. The molecule has 38 heavy (non-hydrogen) atoms. The molecule has 0 aromatic heterocycles. The maximum Gasteiger partial charge on any atom is 0.277 e. The number of amides is 1. The molecule has 0 aliphatic carbocycles. The number of nitrogens with one attached hydrogen (secondary N) is 1. The van der Waals surface area contributed by atoms with Gasteiger partial charge >= 0.3 is 0 Å². The standard InChI is InChI=1S/C24H23N5O8S/c1-37-23-5-3-2-4-22(23)26-10-12-27(13-11-26)38(35,36)21-8-6-18(7-9-21)25-24(30)17-14-19(28(31)32)16-20(15-17)29(33)34/h2-9,14-16H,10-13H2,1H3,(H,25,30). The van der Waals surface area contributed by atoms with Gasteiger partial charge in [0.1, 0.15) is 5.75 Å². The van der Waals surface area contributed by atoms with Crippen LogP contribution in [0.4, 0.5) is 22.7 Å². The summed E-state index contributed by atoms with van der Waals surface area (Å²) in [5.74, 6) is -0.110. The molecule has 0 atom stereocenters. The molecular weight excluding hydrogens is 518 g/mol. The second-order valence-electron chi connectivity index (χ2n) is 8.29. The molecule has 0 bridgehead atoms. The van der Waals surface area contributed by atoms with Gasteiger partial charge in [-0.05, 0) is 36.4 Å². The minimum atomic E-state index is -3.80. The molecule has 4 rings (SSSR count). The van der Waals surface area contributed by atoms with E-state index in [0.717, 1.165) is 23.9 Å². The number of nitrogens with zero attached hydrogens (tertiary/aromatic N) is 4. The second kappa shape index (κ2) is 10.8. The van der Waals surface area contributed by atoms with Gasteiger partial charge in [0.05, 0.1) is 39.2 Å². The molecule has 3 aromatic carbocycles. The molecule has 1 amide bonds. The van der Waals surface area contributed by atoms with Gasteiger partial charge in [-0.3, -0.25) is 25.0 Å². The number of nitro benzene ring substituents is 2. The van der Waals surface area contributed by atoms with E-state index in [9.17, 15) is 33.4 Å². The van der Waals surface area contributed by atoms with Crippen molar-refractivity contribution in [3.8, 4) is 5.75 Å². The predicted molar refractivity (Wildman–Crippen MR) is 138 cm³/mol. The van der Waals surface area contributed by atoms with E-state index in [4.69, 9.17) is 4.74 Å². The van der Waals surface area contributed by atoms with Crippen LogP contribution in [-0.2, 0) is 10.0 Å². The third-order valence-electron chi connectivity index (χ3n) is 6.00. The Hall–Kier alpha value is -4.56. The molecule has 0 unspecified atom stereocenters. The molecule has 14 heteroatoms. The fourth-order valence-corrected chi connectivity index (χ4v) is 5.48. The van der Waals surface area contributed by atoms with Gasteiger partial charge in [-0.25, -0.2) is 8.42 Å². The Morgan fingerprint density at radius 1 is 0.895 bits per heavy atom. The lowest BCUT2D eigenvalue weighted by Gasteiger charge is -2.35. The Morgan fingerprint density at radius 3 is 2.03 bits per heavy atom. The highest BCUT2D eigenvalue weighted by molar-refractivity contribution is 7.89.